The van der Waals surface area contributed by atoms with Gasteiger partial charge in [0.05, 0.1) is 6.10 Å². The van der Waals surface area contributed by atoms with Crippen LogP contribution in [-0.2, 0) is 9.68 Å². The summed E-state index contributed by atoms with van der Waals surface area (Å²) in [6.07, 6.45) is 22.8. The molecule has 0 rings (SSSR count). The molecule has 0 amide bonds. The second-order valence-corrected chi connectivity index (χ2v) is 6.53. The molecule has 0 heterocycles. The monoisotopic (exact) mass is 380 g/mol. The molecule has 0 aromatic carbocycles. The Hall–Kier alpha value is -1.69. The predicted octanol–water partition coefficient (Wildman–Crippen LogP) is 5.44. The molecule has 27 heavy (non-hydrogen) atoms. The second-order valence-electron chi connectivity index (χ2n) is 6.53. The summed E-state index contributed by atoms with van der Waals surface area (Å²) in [5.41, 5.74) is 0. The molecule has 0 bridgehead atoms. The largest absolute Gasteiger partial charge is 0.481 e. The summed E-state index contributed by atoms with van der Waals surface area (Å²) in [5, 5.41) is 27.1. The normalized spacial score (nSPS) is 14.8. The van der Waals surface area contributed by atoms with Crippen molar-refractivity contribution in [3.63, 3.8) is 0 Å². The van der Waals surface area contributed by atoms with Crippen molar-refractivity contribution in [1.29, 1.82) is 0 Å². The highest BCUT2D eigenvalue weighted by molar-refractivity contribution is 5.66. The Labute approximate surface area is 163 Å². The lowest BCUT2D eigenvalue weighted by Gasteiger charge is -2.07. The van der Waals surface area contributed by atoms with Gasteiger partial charge in [0.25, 0.3) is 0 Å². The molecule has 5 heteroatoms. The lowest BCUT2D eigenvalue weighted by molar-refractivity contribution is -0.267. The van der Waals surface area contributed by atoms with E-state index in [1.54, 1.807) is 12.2 Å². The van der Waals surface area contributed by atoms with Gasteiger partial charge in [0, 0.05) is 6.42 Å². The lowest BCUT2D eigenvalue weighted by Crippen LogP contribution is -2.09. The number of carboxylic acids is 1. The van der Waals surface area contributed by atoms with E-state index in [1.807, 2.05) is 12.2 Å². The summed E-state index contributed by atoms with van der Waals surface area (Å²) < 4.78 is 0. The van der Waals surface area contributed by atoms with Crippen LogP contribution >= 0.6 is 0 Å². The van der Waals surface area contributed by atoms with Crippen molar-refractivity contribution < 1.29 is 25.2 Å². The molecule has 154 valence electrons. The Kier molecular flexibility index (Phi) is 17.9. The summed E-state index contributed by atoms with van der Waals surface area (Å²) in [5.74, 6) is -0.914. The van der Waals surface area contributed by atoms with Crippen molar-refractivity contribution in [3.8, 4) is 0 Å². The number of hydrogen-bond donors (Lipinski definition) is 3. The summed E-state index contributed by atoms with van der Waals surface area (Å²) in [7, 11) is 0. The van der Waals surface area contributed by atoms with E-state index >= 15 is 0 Å². The molecule has 0 aliphatic heterocycles. The Morgan fingerprint density at radius 1 is 0.963 bits per heavy atom. The number of hydrogen-bond acceptors (Lipinski definition) is 4. The minimum absolute atomic E-state index is 0.0483. The van der Waals surface area contributed by atoms with Crippen LogP contribution < -0.4 is 0 Å². The molecule has 0 aliphatic rings. The van der Waals surface area contributed by atoms with Crippen LogP contribution in [0.5, 0.6) is 0 Å². The average molecular weight is 381 g/mol. The fourth-order valence-electron chi connectivity index (χ4n) is 2.42. The summed E-state index contributed by atoms with van der Waals surface area (Å²) in [6, 6.07) is 0. The van der Waals surface area contributed by atoms with E-state index in [0.29, 0.717) is 0 Å². The number of aliphatic carboxylic acids is 1. The Bertz CT molecular complexity index is 465. The fourth-order valence-corrected chi connectivity index (χ4v) is 2.42. The average Bonchev–Trinajstić information content (AvgIpc) is 2.65. The van der Waals surface area contributed by atoms with E-state index in [0.717, 1.165) is 38.5 Å². The minimum Gasteiger partial charge on any atom is -0.481 e. The van der Waals surface area contributed by atoms with Crippen molar-refractivity contribution in [2.45, 2.75) is 83.3 Å². The lowest BCUT2D eigenvalue weighted by atomic mass is 10.1. The molecule has 0 aliphatic carbocycles. The number of aliphatic hydroxyl groups excluding tert-OH is 1. The minimum atomic E-state index is -0.914. The van der Waals surface area contributed by atoms with E-state index in [4.69, 9.17) is 10.4 Å². The first-order valence-electron chi connectivity index (χ1n) is 9.93. The van der Waals surface area contributed by atoms with Gasteiger partial charge in [0.15, 0.2) is 0 Å². The Balaban J connectivity index is 3.74. The Morgan fingerprint density at radius 3 is 2.33 bits per heavy atom. The number of unbranched alkanes of at least 4 members (excludes halogenated alkanes) is 2. The van der Waals surface area contributed by atoms with Gasteiger partial charge in [0.1, 0.15) is 6.10 Å². The van der Waals surface area contributed by atoms with Crippen LogP contribution in [0, 0.1) is 0 Å². The maximum Gasteiger partial charge on any atom is 0.303 e. The van der Waals surface area contributed by atoms with Gasteiger partial charge >= 0.3 is 5.97 Å². The molecule has 2 atom stereocenters. The van der Waals surface area contributed by atoms with Crippen molar-refractivity contribution in [2.75, 3.05) is 0 Å². The molecule has 0 fully saturated rings. The van der Waals surface area contributed by atoms with Crippen LogP contribution in [0.15, 0.2) is 48.6 Å². The summed E-state index contributed by atoms with van der Waals surface area (Å²) in [4.78, 5) is 14.7. The van der Waals surface area contributed by atoms with Crippen LogP contribution in [0.1, 0.15) is 71.1 Å². The molecular formula is C22H36O5. The van der Waals surface area contributed by atoms with Crippen LogP contribution in [0.3, 0.4) is 0 Å². The van der Waals surface area contributed by atoms with Gasteiger partial charge in [-0.1, -0.05) is 74.8 Å². The SMILES string of the molecule is CCCCC[C@@H](O)CCC=CCC=CCC=CC=C[C@H](CCC(=O)O)OO. The number of allylic oxidation sites excluding steroid dienone is 7. The highest BCUT2D eigenvalue weighted by Crippen LogP contribution is 2.08. The van der Waals surface area contributed by atoms with Crippen LogP contribution in [-0.4, -0.2) is 33.6 Å². The molecular weight excluding hydrogens is 344 g/mol. The van der Waals surface area contributed by atoms with Crippen molar-refractivity contribution in [3.05, 3.63) is 48.6 Å². The standard InChI is InChI=1S/C22H36O5/c1-2-3-12-15-20(23)16-13-10-8-6-4-5-7-9-11-14-17-21(27-26)18-19-22(24)25/h4-5,8-11,14,17,20-21,23,26H,2-3,6-7,12-13,15-16,18-19H2,1H3,(H,24,25)/t20-,21-/m1/s1. The van der Waals surface area contributed by atoms with Crippen LogP contribution in [0.4, 0.5) is 0 Å². The first-order chi connectivity index (χ1) is 13.1. The zero-order valence-electron chi connectivity index (χ0n) is 16.5. The van der Waals surface area contributed by atoms with Crippen molar-refractivity contribution >= 4 is 5.97 Å². The van der Waals surface area contributed by atoms with Gasteiger partial charge in [-0.05, 0) is 38.5 Å². The maximum absolute atomic E-state index is 10.5. The van der Waals surface area contributed by atoms with Gasteiger partial charge in [0.2, 0.25) is 0 Å². The van der Waals surface area contributed by atoms with Gasteiger partial charge in [-0.3, -0.25) is 10.1 Å². The van der Waals surface area contributed by atoms with Gasteiger partial charge in [-0.25, -0.2) is 4.89 Å². The molecule has 0 unspecified atom stereocenters. The quantitative estimate of drug-likeness (QED) is 0.103. The molecule has 0 spiro atoms. The number of carbonyl (C=O) groups is 1. The number of aliphatic hydroxyl groups is 1. The van der Waals surface area contributed by atoms with Crippen molar-refractivity contribution in [2.24, 2.45) is 0 Å². The van der Waals surface area contributed by atoms with Gasteiger partial charge < -0.3 is 10.2 Å². The van der Waals surface area contributed by atoms with Crippen LogP contribution in [0.2, 0.25) is 0 Å². The van der Waals surface area contributed by atoms with Crippen LogP contribution in [0.25, 0.3) is 0 Å². The third kappa shape index (κ3) is 18.9. The van der Waals surface area contributed by atoms with E-state index in [2.05, 4.69) is 36.1 Å². The zero-order valence-corrected chi connectivity index (χ0v) is 16.5. The predicted molar refractivity (Wildman–Crippen MR) is 110 cm³/mol. The first kappa shape index (κ1) is 25.3. The molecule has 0 aromatic heterocycles. The van der Waals surface area contributed by atoms with E-state index < -0.39 is 12.1 Å². The zero-order chi connectivity index (χ0) is 20.2. The van der Waals surface area contributed by atoms with E-state index in [-0.39, 0.29) is 18.9 Å². The summed E-state index contributed by atoms with van der Waals surface area (Å²) >= 11 is 0. The van der Waals surface area contributed by atoms with E-state index in [9.17, 15) is 9.90 Å². The third-order valence-electron chi connectivity index (χ3n) is 4.04. The topological polar surface area (TPSA) is 87.0 Å². The van der Waals surface area contributed by atoms with Gasteiger partial charge in [-0.15, -0.1) is 0 Å². The molecule has 0 aromatic rings. The maximum atomic E-state index is 10.5. The third-order valence-corrected chi connectivity index (χ3v) is 4.04. The molecule has 0 saturated heterocycles. The molecule has 3 N–H and O–H groups in total. The number of rotatable bonds is 17. The molecule has 5 nitrogen and oxygen atoms in total. The highest BCUT2D eigenvalue weighted by Gasteiger charge is 2.06. The van der Waals surface area contributed by atoms with E-state index in [1.165, 1.54) is 12.8 Å². The molecule has 0 radical (unpaired) electrons. The Morgan fingerprint density at radius 2 is 1.67 bits per heavy atom. The van der Waals surface area contributed by atoms with Crippen molar-refractivity contribution in [1.82, 2.24) is 0 Å². The first-order valence-corrected chi connectivity index (χ1v) is 9.93. The number of carboxylic acid groups (broad SMARTS) is 1. The highest BCUT2D eigenvalue weighted by atomic mass is 17.1. The molecule has 0 saturated carbocycles. The fraction of sp³-hybridized carbons (Fsp3) is 0.591. The smallest absolute Gasteiger partial charge is 0.303 e. The van der Waals surface area contributed by atoms with Gasteiger partial charge in [-0.2, -0.15) is 0 Å². The second kappa shape index (κ2) is 19.1. The summed E-state index contributed by atoms with van der Waals surface area (Å²) in [6.45, 7) is 2.17.